The molecule has 4 N–H and O–H groups in total. The van der Waals surface area contributed by atoms with Crippen LogP contribution in [0.4, 0.5) is 5.95 Å². The Hall–Kier alpha value is -3.76. The highest BCUT2D eigenvalue weighted by atomic mass is 32.1. The summed E-state index contributed by atoms with van der Waals surface area (Å²) in [7, 11) is 2.05. The van der Waals surface area contributed by atoms with E-state index in [1.165, 1.54) is 17.4 Å². The number of hydrogen-bond donors (Lipinski definition) is 3. The van der Waals surface area contributed by atoms with Gasteiger partial charge in [-0.3, -0.25) is 9.59 Å². The van der Waals surface area contributed by atoms with Crippen molar-refractivity contribution in [2.75, 3.05) is 38.1 Å². The summed E-state index contributed by atoms with van der Waals surface area (Å²) in [6.07, 6.45) is 2.24. The van der Waals surface area contributed by atoms with Crippen LogP contribution < -0.4 is 10.6 Å². The van der Waals surface area contributed by atoms with E-state index in [0.717, 1.165) is 36.4 Å². The first kappa shape index (κ1) is 21.1. The van der Waals surface area contributed by atoms with Crippen molar-refractivity contribution in [2.24, 2.45) is 5.73 Å². The van der Waals surface area contributed by atoms with Crippen LogP contribution in [0.15, 0.2) is 35.8 Å². The first-order valence-corrected chi connectivity index (χ1v) is 11.3. The molecule has 1 aliphatic heterocycles. The van der Waals surface area contributed by atoms with Crippen LogP contribution in [0.5, 0.6) is 5.75 Å². The predicted octanol–water partition coefficient (Wildman–Crippen LogP) is 2.22. The summed E-state index contributed by atoms with van der Waals surface area (Å²) >= 11 is 1.48. The van der Waals surface area contributed by atoms with Gasteiger partial charge in [-0.15, -0.1) is 11.3 Å². The predicted molar refractivity (Wildman–Crippen MR) is 129 cm³/mol. The molecule has 1 aliphatic rings. The maximum absolute atomic E-state index is 12.7. The highest BCUT2D eigenvalue weighted by Crippen LogP contribution is 2.37. The fourth-order valence-electron chi connectivity index (χ4n) is 4.19. The summed E-state index contributed by atoms with van der Waals surface area (Å²) in [6, 6.07) is 6.80. The smallest absolute Gasteiger partial charge is 0.250 e. The van der Waals surface area contributed by atoms with E-state index in [0.29, 0.717) is 28.7 Å². The number of aromatic amines is 1. The highest BCUT2D eigenvalue weighted by molar-refractivity contribution is 7.16. The minimum Gasteiger partial charge on any atom is -0.507 e. The number of aldehydes is 1. The molecule has 0 spiro atoms. The zero-order valence-electron chi connectivity index (χ0n) is 17.9. The van der Waals surface area contributed by atoms with Crippen LogP contribution in [-0.2, 0) is 9.59 Å². The minimum atomic E-state index is -0.757. The van der Waals surface area contributed by atoms with Gasteiger partial charge in [0.15, 0.2) is 6.29 Å². The second-order valence-corrected chi connectivity index (χ2v) is 8.89. The van der Waals surface area contributed by atoms with Crippen LogP contribution in [-0.4, -0.2) is 70.4 Å². The number of carbonyl (C=O) groups is 2. The van der Waals surface area contributed by atoms with Crippen LogP contribution in [0.2, 0.25) is 0 Å². The number of primary amides is 1. The van der Waals surface area contributed by atoms with Gasteiger partial charge in [-0.25, -0.2) is 9.97 Å². The number of aromatic nitrogens is 3. The fourth-order valence-corrected chi connectivity index (χ4v) is 4.97. The molecule has 1 saturated heterocycles. The number of allylic oxidation sites excluding steroid dienone is 1. The molecule has 4 aromatic rings. The van der Waals surface area contributed by atoms with Crippen molar-refractivity contribution in [3.63, 3.8) is 0 Å². The number of benzene rings is 1. The van der Waals surface area contributed by atoms with E-state index in [1.807, 2.05) is 16.3 Å². The molecule has 3 aromatic heterocycles. The number of nitrogens with one attached hydrogen (secondary N) is 1. The summed E-state index contributed by atoms with van der Waals surface area (Å²) in [4.78, 5) is 42.7. The van der Waals surface area contributed by atoms with Gasteiger partial charge in [0.1, 0.15) is 10.6 Å². The molecule has 9 nitrogen and oxygen atoms in total. The number of fused-ring (bicyclic) bond motifs is 2. The van der Waals surface area contributed by atoms with Crippen LogP contribution in [0.25, 0.3) is 32.3 Å². The van der Waals surface area contributed by atoms with E-state index in [2.05, 4.69) is 21.9 Å². The second kappa shape index (κ2) is 8.30. The van der Waals surface area contributed by atoms with Gasteiger partial charge in [0, 0.05) is 43.3 Å². The number of phenolic OH excluding ortho intramolecular Hbond substituents is 1. The third-order valence-electron chi connectivity index (χ3n) is 5.94. The van der Waals surface area contributed by atoms with Crippen LogP contribution in [0.3, 0.4) is 0 Å². The molecular formula is C23H22N6O3S. The topological polar surface area (TPSA) is 128 Å². The normalized spacial score (nSPS) is 15.7. The Bertz CT molecular complexity index is 1410. The van der Waals surface area contributed by atoms with Gasteiger partial charge in [-0.2, -0.15) is 0 Å². The zero-order valence-corrected chi connectivity index (χ0v) is 18.7. The number of amides is 1. The molecule has 1 aromatic carbocycles. The summed E-state index contributed by atoms with van der Waals surface area (Å²) in [5.74, 6) is -0.396. The third-order valence-corrected chi connectivity index (χ3v) is 6.78. The lowest BCUT2D eigenvalue weighted by molar-refractivity contribution is -0.113. The van der Waals surface area contributed by atoms with Crippen LogP contribution in [0.1, 0.15) is 11.3 Å². The number of thiophene rings is 1. The third kappa shape index (κ3) is 3.62. The average molecular weight is 463 g/mol. The quantitative estimate of drug-likeness (QED) is 0.306. The SMILES string of the molecule is CN1CCN(c2nc(/C(C=O)=C(/C(N)=O)c3c[nH]c4sccc34)c3c(O)cccc3n2)CC1. The van der Waals surface area contributed by atoms with Crippen molar-refractivity contribution in [1.29, 1.82) is 0 Å². The molecule has 0 saturated carbocycles. The van der Waals surface area contributed by atoms with E-state index >= 15 is 0 Å². The number of H-pyrrole nitrogens is 1. The van der Waals surface area contributed by atoms with E-state index in [-0.39, 0.29) is 22.6 Å². The Morgan fingerprint density at radius 3 is 2.73 bits per heavy atom. The molecule has 0 atom stereocenters. The van der Waals surface area contributed by atoms with Crippen LogP contribution >= 0.6 is 11.3 Å². The molecule has 1 fully saturated rings. The number of rotatable bonds is 5. The number of aromatic hydroxyl groups is 1. The van der Waals surface area contributed by atoms with Gasteiger partial charge in [-0.1, -0.05) is 6.07 Å². The van der Waals surface area contributed by atoms with Gasteiger partial charge >= 0.3 is 0 Å². The van der Waals surface area contributed by atoms with Gasteiger partial charge in [0.25, 0.3) is 0 Å². The second-order valence-electron chi connectivity index (χ2n) is 7.97. The van der Waals surface area contributed by atoms with Crippen LogP contribution in [0, 0.1) is 0 Å². The number of likely N-dealkylation sites (N-methyl/N-ethyl adjacent to an activating group) is 1. The Morgan fingerprint density at radius 1 is 1.21 bits per heavy atom. The molecule has 0 unspecified atom stereocenters. The lowest BCUT2D eigenvalue weighted by Crippen LogP contribution is -2.45. The van der Waals surface area contributed by atoms with Gasteiger partial charge < -0.3 is 25.6 Å². The minimum absolute atomic E-state index is 0.0128. The molecule has 33 heavy (non-hydrogen) atoms. The molecule has 10 heteroatoms. The Kier molecular flexibility index (Phi) is 5.31. The van der Waals surface area contributed by atoms with Gasteiger partial charge in [0.05, 0.1) is 27.7 Å². The Balaban J connectivity index is 1.79. The van der Waals surface area contributed by atoms with Crippen molar-refractivity contribution in [1.82, 2.24) is 19.9 Å². The van der Waals surface area contributed by atoms with E-state index in [4.69, 9.17) is 10.7 Å². The number of carbonyl (C=O) groups excluding carboxylic acids is 2. The van der Waals surface area contributed by atoms with Crippen molar-refractivity contribution in [3.05, 3.63) is 47.1 Å². The average Bonchev–Trinajstić information content (AvgIpc) is 3.42. The highest BCUT2D eigenvalue weighted by Gasteiger charge is 2.26. The number of hydrogen-bond acceptors (Lipinski definition) is 8. The first-order chi connectivity index (χ1) is 16.0. The van der Waals surface area contributed by atoms with Gasteiger partial charge in [-0.05, 0) is 30.6 Å². The number of phenols is 1. The molecular weight excluding hydrogens is 440 g/mol. The fraction of sp³-hybridized carbons (Fsp3) is 0.217. The van der Waals surface area contributed by atoms with Crippen molar-refractivity contribution in [2.45, 2.75) is 0 Å². The molecule has 1 amide bonds. The van der Waals surface area contributed by atoms with Crippen molar-refractivity contribution in [3.8, 4) is 5.75 Å². The Labute approximate surface area is 193 Å². The molecule has 5 rings (SSSR count). The van der Waals surface area contributed by atoms with Crippen molar-refractivity contribution >= 4 is 61.7 Å². The van der Waals surface area contributed by atoms with Crippen molar-refractivity contribution < 1.29 is 14.7 Å². The summed E-state index contributed by atoms with van der Waals surface area (Å²) < 4.78 is 0. The summed E-state index contributed by atoms with van der Waals surface area (Å²) in [5, 5.41) is 13.6. The maximum atomic E-state index is 12.7. The monoisotopic (exact) mass is 462 g/mol. The molecule has 0 bridgehead atoms. The molecule has 4 heterocycles. The van der Waals surface area contributed by atoms with Gasteiger partial charge in [0.2, 0.25) is 11.9 Å². The molecule has 0 aliphatic carbocycles. The lowest BCUT2D eigenvalue weighted by atomic mass is 9.96. The Morgan fingerprint density at radius 2 is 2.00 bits per heavy atom. The van der Waals surface area contributed by atoms with E-state index in [1.54, 1.807) is 18.3 Å². The number of piperazine rings is 1. The van der Waals surface area contributed by atoms with E-state index in [9.17, 15) is 14.7 Å². The van der Waals surface area contributed by atoms with E-state index < -0.39 is 5.91 Å². The maximum Gasteiger partial charge on any atom is 0.250 e. The number of nitrogens with two attached hydrogens (primary N) is 1. The summed E-state index contributed by atoms with van der Waals surface area (Å²) in [5.41, 5.74) is 7.03. The largest absolute Gasteiger partial charge is 0.507 e. The zero-order chi connectivity index (χ0) is 23.1. The standard InChI is InChI=1S/C23H22N6O3S/c1-28-6-8-29(9-7-28)23-26-16-3-2-4-17(31)19(16)20(27-23)15(12-30)18(21(24)32)14-11-25-22-13(14)5-10-33-22/h2-5,10-12,25,31H,6-9H2,1H3,(H2,24,32)/b18-15+. The number of anilines is 1. The lowest BCUT2D eigenvalue weighted by Gasteiger charge is -2.32. The first-order valence-electron chi connectivity index (χ1n) is 10.5. The molecule has 168 valence electrons. The number of nitrogens with zero attached hydrogens (tertiary/aromatic N) is 4. The summed E-state index contributed by atoms with van der Waals surface area (Å²) in [6.45, 7) is 3.13. The molecule has 0 radical (unpaired) electrons.